The van der Waals surface area contributed by atoms with Gasteiger partial charge in [-0.3, -0.25) is 4.99 Å². The van der Waals surface area contributed by atoms with Crippen molar-refractivity contribution in [3.63, 3.8) is 0 Å². The van der Waals surface area contributed by atoms with Crippen molar-refractivity contribution in [3.05, 3.63) is 30.3 Å². The van der Waals surface area contributed by atoms with Gasteiger partial charge in [-0.1, -0.05) is 18.2 Å². The van der Waals surface area contributed by atoms with E-state index < -0.39 is 15.5 Å². The maximum Gasteiger partial charge on any atom is 0.511 e. The van der Waals surface area contributed by atoms with Gasteiger partial charge in [0.1, 0.15) is 12.4 Å². The number of ether oxygens (including phenoxy) is 1. The van der Waals surface area contributed by atoms with Crippen LogP contribution in [0.2, 0.25) is 0 Å². The predicted octanol–water partition coefficient (Wildman–Crippen LogP) is 2.16. The number of nitrogens with one attached hydrogen (secondary N) is 2. The van der Waals surface area contributed by atoms with Gasteiger partial charge in [0.25, 0.3) is 0 Å². The molecule has 1 aromatic carbocycles. The van der Waals surface area contributed by atoms with Crippen LogP contribution in [0.4, 0.5) is 13.2 Å². The molecule has 28 heavy (non-hydrogen) atoms. The summed E-state index contributed by atoms with van der Waals surface area (Å²) in [7, 11) is -3.68. The van der Waals surface area contributed by atoms with E-state index in [4.69, 9.17) is 4.74 Å². The third kappa shape index (κ3) is 6.95. The molecule has 0 atom stereocenters. The summed E-state index contributed by atoms with van der Waals surface area (Å²) in [5.41, 5.74) is -5.26. The highest BCUT2D eigenvalue weighted by Crippen LogP contribution is 2.28. The number of nitrogens with zero attached hydrogens (tertiary/aromatic N) is 2. The molecule has 2 N–H and O–H groups in total. The first-order valence-corrected chi connectivity index (χ1v) is 9.89. The quantitative estimate of drug-likeness (QED) is 0.252. The van der Waals surface area contributed by atoms with E-state index in [2.05, 4.69) is 15.6 Å². The summed E-state index contributed by atoms with van der Waals surface area (Å²) in [5.74, 6) is 1.24. The number of rotatable bonds is 6. The molecule has 1 heterocycles. The molecule has 0 bridgehead atoms. The standard InChI is InChI=1S/C16H23F3N4O3S.HI/c1-20-15(21-9-12-26-14-5-3-2-4-6-14)22-13-7-10-23(11-8-13)27(24,25)16(17,18)19;/h2-6,13H,7-12H2,1H3,(H2,20,21,22);1H. The minimum atomic E-state index is -5.26. The largest absolute Gasteiger partial charge is 0.511 e. The molecule has 2 rings (SSSR count). The van der Waals surface area contributed by atoms with Gasteiger partial charge in [-0.2, -0.15) is 17.5 Å². The normalized spacial score (nSPS) is 16.9. The molecule has 7 nitrogen and oxygen atoms in total. The Labute approximate surface area is 179 Å². The first kappa shape index (κ1) is 24.8. The monoisotopic (exact) mass is 536 g/mol. The lowest BCUT2D eigenvalue weighted by molar-refractivity contribution is -0.0494. The summed E-state index contributed by atoms with van der Waals surface area (Å²) in [4.78, 5) is 4.06. The second-order valence-corrected chi connectivity index (χ2v) is 7.86. The zero-order chi connectivity index (χ0) is 19.9. The molecule has 0 unspecified atom stereocenters. The second kappa shape index (κ2) is 11.0. The maximum absolute atomic E-state index is 12.6. The Hall–Kier alpha value is -1.28. The smallest absolute Gasteiger partial charge is 0.492 e. The van der Waals surface area contributed by atoms with E-state index in [0.29, 0.717) is 23.4 Å². The fraction of sp³-hybridized carbons (Fsp3) is 0.562. The van der Waals surface area contributed by atoms with Gasteiger partial charge in [-0.25, -0.2) is 8.42 Å². The van der Waals surface area contributed by atoms with Crippen LogP contribution in [0.15, 0.2) is 35.3 Å². The Morgan fingerprint density at radius 1 is 1.25 bits per heavy atom. The van der Waals surface area contributed by atoms with E-state index in [1.54, 1.807) is 7.05 Å². The molecule has 1 aliphatic heterocycles. The molecule has 1 fully saturated rings. The van der Waals surface area contributed by atoms with Crippen LogP contribution in [0.5, 0.6) is 5.75 Å². The van der Waals surface area contributed by atoms with Crippen molar-refractivity contribution in [1.82, 2.24) is 14.9 Å². The third-order valence-electron chi connectivity index (χ3n) is 4.06. The van der Waals surface area contributed by atoms with Crippen LogP contribution in [-0.4, -0.2) is 63.5 Å². The van der Waals surface area contributed by atoms with Crippen molar-refractivity contribution in [2.45, 2.75) is 24.4 Å². The van der Waals surface area contributed by atoms with E-state index in [1.165, 1.54) is 0 Å². The molecule has 12 heteroatoms. The van der Waals surface area contributed by atoms with Crippen LogP contribution in [0.3, 0.4) is 0 Å². The van der Waals surface area contributed by atoms with Crippen molar-refractivity contribution in [3.8, 4) is 5.75 Å². The summed E-state index contributed by atoms with van der Waals surface area (Å²) < 4.78 is 66.6. The lowest BCUT2D eigenvalue weighted by Crippen LogP contribution is -2.52. The molecular weight excluding hydrogens is 512 g/mol. The van der Waals surface area contributed by atoms with Gasteiger partial charge in [-0.05, 0) is 25.0 Å². The molecule has 1 aliphatic rings. The van der Waals surface area contributed by atoms with Crippen LogP contribution in [0.1, 0.15) is 12.8 Å². The summed E-state index contributed by atoms with van der Waals surface area (Å²) in [6.07, 6.45) is 0.521. The average molecular weight is 536 g/mol. The molecule has 0 aromatic heterocycles. The Kier molecular flexibility index (Phi) is 9.77. The van der Waals surface area contributed by atoms with Gasteiger partial charge in [0.15, 0.2) is 5.96 Å². The van der Waals surface area contributed by atoms with Crippen LogP contribution in [0.25, 0.3) is 0 Å². The van der Waals surface area contributed by atoms with Crippen molar-refractivity contribution >= 4 is 40.0 Å². The molecule has 160 valence electrons. The zero-order valence-electron chi connectivity index (χ0n) is 15.3. The number of piperidine rings is 1. The van der Waals surface area contributed by atoms with Crippen molar-refractivity contribution in [2.75, 3.05) is 33.3 Å². The van der Waals surface area contributed by atoms with Crippen LogP contribution in [-0.2, 0) is 10.0 Å². The van der Waals surface area contributed by atoms with Gasteiger partial charge < -0.3 is 15.4 Å². The Bertz CT molecular complexity index is 724. The molecule has 0 saturated carbocycles. The minimum absolute atomic E-state index is 0. The van der Waals surface area contributed by atoms with Crippen LogP contribution in [0, 0.1) is 0 Å². The van der Waals surface area contributed by atoms with Gasteiger partial charge in [-0.15, -0.1) is 24.0 Å². The number of alkyl halides is 3. The molecule has 0 aliphatic carbocycles. The molecule has 0 spiro atoms. The van der Waals surface area contributed by atoms with E-state index in [9.17, 15) is 21.6 Å². The SMILES string of the molecule is CN=C(NCCOc1ccccc1)NC1CCN(S(=O)(=O)C(F)(F)F)CC1.I. The first-order chi connectivity index (χ1) is 12.7. The summed E-state index contributed by atoms with van der Waals surface area (Å²) in [6.45, 7) is 0.518. The molecule has 1 aromatic rings. The number of halogens is 4. The Morgan fingerprint density at radius 2 is 1.86 bits per heavy atom. The van der Waals surface area contributed by atoms with E-state index >= 15 is 0 Å². The lowest BCUT2D eigenvalue weighted by atomic mass is 10.1. The van der Waals surface area contributed by atoms with Crippen molar-refractivity contribution < 1.29 is 26.3 Å². The average Bonchev–Trinajstić information content (AvgIpc) is 2.64. The molecular formula is C16H24F3IN4O3S. The Morgan fingerprint density at radius 3 is 2.39 bits per heavy atom. The van der Waals surface area contributed by atoms with E-state index in [1.807, 2.05) is 30.3 Å². The summed E-state index contributed by atoms with van der Waals surface area (Å²) in [6, 6.07) is 9.16. The number of hydrogen-bond acceptors (Lipinski definition) is 4. The predicted molar refractivity (Wildman–Crippen MR) is 111 cm³/mol. The van der Waals surface area contributed by atoms with Gasteiger partial charge in [0, 0.05) is 26.2 Å². The maximum atomic E-state index is 12.6. The topological polar surface area (TPSA) is 83.0 Å². The molecule has 0 radical (unpaired) electrons. The third-order valence-corrected chi connectivity index (χ3v) is 5.69. The number of benzene rings is 1. The fourth-order valence-electron chi connectivity index (χ4n) is 2.63. The summed E-state index contributed by atoms with van der Waals surface area (Å²) >= 11 is 0. The van der Waals surface area contributed by atoms with Gasteiger partial charge in [0.2, 0.25) is 0 Å². The number of guanidine groups is 1. The second-order valence-electron chi connectivity index (χ2n) is 5.93. The van der Waals surface area contributed by atoms with Gasteiger partial charge in [0.05, 0.1) is 6.54 Å². The highest BCUT2D eigenvalue weighted by molar-refractivity contribution is 14.0. The van der Waals surface area contributed by atoms with Crippen LogP contribution < -0.4 is 15.4 Å². The van der Waals surface area contributed by atoms with E-state index in [-0.39, 0.29) is 55.9 Å². The molecule has 0 amide bonds. The number of hydrogen-bond donors (Lipinski definition) is 2. The number of sulfonamides is 1. The first-order valence-electron chi connectivity index (χ1n) is 8.45. The van der Waals surface area contributed by atoms with E-state index in [0.717, 1.165) is 5.75 Å². The van der Waals surface area contributed by atoms with Crippen LogP contribution >= 0.6 is 24.0 Å². The zero-order valence-corrected chi connectivity index (χ0v) is 18.4. The minimum Gasteiger partial charge on any atom is -0.492 e. The van der Waals surface area contributed by atoms with Gasteiger partial charge >= 0.3 is 15.5 Å². The highest BCUT2D eigenvalue weighted by atomic mass is 127. The highest BCUT2D eigenvalue weighted by Gasteiger charge is 2.50. The number of para-hydroxylation sites is 1. The Balaban J connectivity index is 0.00000392. The molecule has 1 saturated heterocycles. The fourth-order valence-corrected chi connectivity index (χ4v) is 3.61. The summed E-state index contributed by atoms with van der Waals surface area (Å²) in [5, 5.41) is 6.15. The lowest BCUT2D eigenvalue weighted by Gasteiger charge is -2.32. The number of aliphatic imine (C=N–C) groups is 1. The van der Waals surface area contributed by atoms with Crippen molar-refractivity contribution in [2.24, 2.45) is 4.99 Å². The van der Waals surface area contributed by atoms with Crippen molar-refractivity contribution in [1.29, 1.82) is 0 Å².